The summed E-state index contributed by atoms with van der Waals surface area (Å²) >= 11 is 1.53. The van der Waals surface area contributed by atoms with Gasteiger partial charge in [-0.3, -0.25) is 15.0 Å². The molecule has 2 bridgehead atoms. The standard InChI is InChI=1S/C24H23F3N6O2S/c1-13(24(25,26)27)9-19(34)17-3-4-18-22(30-17)33(16-6-8-32(18)12-16)23(35)31-21-10-15(5-7-28-21)20-11-29-14(2)36-20/h3-5,7,10-11,13,16H,6,8-9,12H2,1-2H3,(H,28,31,35)/t13-,16-/m0/s1. The van der Waals surface area contributed by atoms with Gasteiger partial charge >= 0.3 is 12.2 Å². The molecule has 0 radical (unpaired) electrons. The molecule has 3 aromatic heterocycles. The lowest BCUT2D eigenvalue weighted by atomic mass is 10.0. The first-order valence-electron chi connectivity index (χ1n) is 11.4. The predicted molar refractivity (Wildman–Crippen MR) is 131 cm³/mol. The number of pyridine rings is 2. The van der Waals surface area contributed by atoms with Crippen LogP contribution in [-0.2, 0) is 0 Å². The number of aromatic nitrogens is 3. The number of thiazole rings is 1. The highest BCUT2D eigenvalue weighted by molar-refractivity contribution is 7.15. The van der Waals surface area contributed by atoms with Crippen molar-refractivity contribution in [3.05, 3.63) is 47.4 Å². The van der Waals surface area contributed by atoms with Gasteiger partial charge in [-0.25, -0.2) is 19.7 Å². The lowest BCUT2D eigenvalue weighted by Gasteiger charge is -2.35. The minimum absolute atomic E-state index is 0.0918. The number of alkyl halides is 3. The highest BCUT2D eigenvalue weighted by atomic mass is 32.1. The van der Waals surface area contributed by atoms with Gasteiger partial charge in [0.25, 0.3) is 0 Å². The van der Waals surface area contributed by atoms with Crippen molar-refractivity contribution in [3.63, 3.8) is 0 Å². The van der Waals surface area contributed by atoms with Crippen LogP contribution < -0.4 is 15.1 Å². The van der Waals surface area contributed by atoms with E-state index in [2.05, 4.69) is 25.2 Å². The highest BCUT2D eigenvalue weighted by Gasteiger charge is 2.41. The Balaban J connectivity index is 1.41. The van der Waals surface area contributed by atoms with Gasteiger partial charge in [-0.15, -0.1) is 11.3 Å². The molecule has 5 rings (SSSR count). The Hall–Kier alpha value is -3.54. The van der Waals surface area contributed by atoms with Gasteiger partial charge < -0.3 is 4.90 Å². The van der Waals surface area contributed by atoms with Crippen LogP contribution in [0.5, 0.6) is 0 Å². The Morgan fingerprint density at radius 3 is 2.78 bits per heavy atom. The van der Waals surface area contributed by atoms with Gasteiger partial charge in [0.1, 0.15) is 11.5 Å². The largest absolute Gasteiger partial charge is 0.391 e. The molecular formula is C24H23F3N6O2S. The number of rotatable bonds is 5. The number of aryl methyl sites for hydroxylation is 1. The summed E-state index contributed by atoms with van der Waals surface area (Å²) in [4.78, 5) is 43.4. The van der Waals surface area contributed by atoms with Crippen LogP contribution in [0.3, 0.4) is 0 Å². The van der Waals surface area contributed by atoms with E-state index >= 15 is 0 Å². The van der Waals surface area contributed by atoms with Crippen LogP contribution in [0.2, 0.25) is 0 Å². The van der Waals surface area contributed by atoms with E-state index in [9.17, 15) is 22.8 Å². The van der Waals surface area contributed by atoms with E-state index in [0.29, 0.717) is 31.0 Å². The molecule has 0 aliphatic carbocycles. The number of nitrogens with zero attached hydrogens (tertiary/aromatic N) is 5. The Kier molecular flexibility index (Phi) is 6.15. The van der Waals surface area contributed by atoms with E-state index in [1.165, 1.54) is 22.3 Å². The van der Waals surface area contributed by atoms with Gasteiger partial charge in [0.05, 0.1) is 27.5 Å². The molecule has 8 nitrogen and oxygen atoms in total. The van der Waals surface area contributed by atoms with Crippen molar-refractivity contribution in [1.82, 2.24) is 15.0 Å². The second-order valence-electron chi connectivity index (χ2n) is 8.97. The third-order valence-corrected chi connectivity index (χ3v) is 7.37. The van der Waals surface area contributed by atoms with Gasteiger partial charge in [-0.2, -0.15) is 13.2 Å². The zero-order valence-corrected chi connectivity index (χ0v) is 20.4. The number of urea groups is 1. The number of ketones is 1. The molecule has 36 heavy (non-hydrogen) atoms. The van der Waals surface area contributed by atoms with Crippen LogP contribution in [0.4, 0.5) is 35.3 Å². The van der Waals surface area contributed by atoms with E-state index in [1.807, 2.05) is 13.0 Å². The van der Waals surface area contributed by atoms with Crippen LogP contribution >= 0.6 is 11.3 Å². The van der Waals surface area contributed by atoms with Crippen molar-refractivity contribution in [2.24, 2.45) is 5.92 Å². The fourth-order valence-corrected chi connectivity index (χ4v) is 5.22. The number of carbonyl (C=O) groups excluding carboxylic acids is 2. The fraction of sp³-hybridized carbons (Fsp3) is 0.375. The van der Waals surface area contributed by atoms with Crippen LogP contribution in [0, 0.1) is 12.8 Å². The third-order valence-electron chi connectivity index (χ3n) is 6.41. The summed E-state index contributed by atoms with van der Waals surface area (Å²) in [5, 5.41) is 3.74. The molecule has 2 aliphatic heterocycles. The van der Waals surface area contributed by atoms with Crippen LogP contribution in [0.25, 0.3) is 10.4 Å². The number of Topliss-reactive ketones (excluding diaryl/α,β-unsaturated/α-hetero) is 1. The minimum atomic E-state index is -4.47. The van der Waals surface area contributed by atoms with Gasteiger partial charge in [0, 0.05) is 31.9 Å². The van der Waals surface area contributed by atoms with Crippen LogP contribution in [0.1, 0.15) is 35.3 Å². The van der Waals surface area contributed by atoms with Crippen LogP contribution in [-0.4, -0.2) is 52.1 Å². The van der Waals surface area contributed by atoms with E-state index in [1.54, 1.807) is 24.5 Å². The maximum Gasteiger partial charge on any atom is 0.391 e. The van der Waals surface area contributed by atoms with E-state index in [0.717, 1.165) is 22.4 Å². The average Bonchev–Trinajstić information content (AvgIpc) is 3.45. The molecule has 12 heteroatoms. The number of halogens is 3. The summed E-state index contributed by atoms with van der Waals surface area (Å²) < 4.78 is 38.9. The molecule has 2 aliphatic rings. The zero-order valence-electron chi connectivity index (χ0n) is 19.5. The van der Waals surface area contributed by atoms with Crippen molar-refractivity contribution in [3.8, 4) is 10.4 Å². The molecule has 0 aromatic carbocycles. The molecule has 188 valence electrons. The van der Waals surface area contributed by atoms with Gasteiger partial charge in [0.2, 0.25) is 0 Å². The zero-order chi connectivity index (χ0) is 25.6. The number of fused-ring (bicyclic) bond motifs is 4. The summed E-state index contributed by atoms with van der Waals surface area (Å²) in [6.07, 6.45) is -1.12. The summed E-state index contributed by atoms with van der Waals surface area (Å²) in [6, 6.07) is 6.02. The third kappa shape index (κ3) is 4.64. The summed E-state index contributed by atoms with van der Waals surface area (Å²) in [5.74, 6) is -1.90. The lowest BCUT2D eigenvalue weighted by Crippen LogP contribution is -2.48. The number of carbonyl (C=O) groups is 2. The minimum Gasteiger partial charge on any atom is -0.366 e. The van der Waals surface area contributed by atoms with Gasteiger partial charge in [-0.1, -0.05) is 6.92 Å². The quantitative estimate of drug-likeness (QED) is 0.462. The maximum absolute atomic E-state index is 13.4. The van der Waals surface area contributed by atoms with Crippen molar-refractivity contribution < 1.29 is 22.8 Å². The number of amides is 2. The van der Waals surface area contributed by atoms with Gasteiger partial charge in [0.15, 0.2) is 11.6 Å². The Bertz CT molecular complexity index is 1330. The van der Waals surface area contributed by atoms with Crippen molar-refractivity contribution in [2.75, 3.05) is 28.2 Å². The molecule has 1 saturated heterocycles. The number of hydrogen-bond acceptors (Lipinski definition) is 7. The summed E-state index contributed by atoms with van der Waals surface area (Å²) in [6.45, 7) is 4.19. The van der Waals surface area contributed by atoms with Gasteiger partial charge in [-0.05, 0) is 43.2 Å². The Morgan fingerprint density at radius 1 is 1.25 bits per heavy atom. The van der Waals surface area contributed by atoms with E-state index < -0.39 is 30.3 Å². The highest BCUT2D eigenvalue weighted by Crippen LogP contribution is 2.39. The van der Waals surface area contributed by atoms with Crippen molar-refractivity contribution >= 4 is 40.5 Å². The molecule has 0 unspecified atom stereocenters. The van der Waals surface area contributed by atoms with E-state index in [4.69, 9.17) is 0 Å². The predicted octanol–water partition coefficient (Wildman–Crippen LogP) is 5.31. The van der Waals surface area contributed by atoms with Crippen molar-refractivity contribution in [1.29, 1.82) is 0 Å². The smallest absolute Gasteiger partial charge is 0.366 e. The lowest BCUT2D eigenvalue weighted by molar-refractivity contribution is -0.168. The molecule has 5 heterocycles. The molecule has 1 N–H and O–H groups in total. The Morgan fingerprint density at radius 2 is 2.06 bits per heavy atom. The summed E-state index contributed by atoms with van der Waals surface area (Å²) in [7, 11) is 0. The number of nitrogens with one attached hydrogen (secondary N) is 1. The average molecular weight is 517 g/mol. The molecule has 2 amide bonds. The molecule has 2 atom stereocenters. The molecule has 3 aromatic rings. The fourth-order valence-electron chi connectivity index (χ4n) is 4.44. The number of hydrogen-bond donors (Lipinski definition) is 1. The monoisotopic (exact) mass is 516 g/mol. The van der Waals surface area contributed by atoms with Crippen molar-refractivity contribution in [2.45, 2.75) is 38.9 Å². The normalized spacial score (nSPS) is 17.6. The Labute approximate surface area is 209 Å². The second-order valence-corrected chi connectivity index (χ2v) is 10.2. The molecule has 1 fully saturated rings. The SMILES string of the molecule is Cc1ncc(-c2ccnc(NC(=O)N3c4nc(C(=O)C[C@H](C)C(F)(F)F)ccc4N4CC[C@H]3C4)c2)s1. The first-order valence-corrected chi connectivity index (χ1v) is 12.3. The molecule has 0 saturated carbocycles. The molecular weight excluding hydrogens is 493 g/mol. The summed E-state index contributed by atoms with van der Waals surface area (Å²) in [5.41, 5.74) is 1.44. The maximum atomic E-state index is 13.4. The second kappa shape index (κ2) is 9.16. The topological polar surface area (TPSA) is 91.3 Å². The first-order chi connectivity index (χ1) is 17.1. The van der Waals surface area contributed by atoms with Crippen LogP contribution in [0.15, 0.2) is 36.7 Å². The van der Waals surface area contributed by atoms with E-state index in [-0.39, 0.29) is 17.6 Å². The number of anilines is 3. The molecule has 0 spiro atoms. The first kappa shape index (κ1) is 24.2.